The summed E-state index contributed by atoms with van der Waals surface area (Å²) in [5, 5.41) is 0. The van der Waals surface area contributed by atoms with Crippen molar-refractivity contribution in [1.29, 1.82) is 0 Å². The Morgan fingerprint density at radius 2 is 1.41 bits per heavy atom. The van der Waals surface area contributed by atoms with E-state index in [1.165, 1.54) is 0 Å². The van der Waals surface area contributed by atoms with Gasteiger partial charge in [-0.05, 0) is 60.0 Å². The molecule has 0 saturated carbocycles. The molecule has 0 unspecified atom stereocenters. The van der Waals surface area contributed by atoms with Crippen LogP contribution >= 0.6 is 11.1 Å². The lowest BCUT2D eigenvalue weighted by atomic mass is 10.1. The fourth-order valence-corrected chi connectivity index (χ4v) is 4.27. The van der Waals surface area contributed by atoms with Crippen LogP contribution in [0.3, 0.4) is 0 Å². The topological polar surface area (TPSA) is 35.5 Å². The molecule has 0 atom stereocenters. The van der Waals surface area contributed by atoms with Crippen LogP contribution in [0.1, 0.15) is 16.8 Å². The fraction of sp³-hybridized carbons (Fsp3) is 0.208. The summed E-state index contributed by atoms with van der Waals surface area (Å²) in [6.45, 7) is 4.88. The van der Waals surface area contributed by atoms with Crippen LogP contribution in [-0.4, -0.2) is 20.0 Å². The zero-order valence-corrected chi connectivity index (χ0v) is 18.5. The van der Waals surface area contributed by atoms with Crippen LogP contribution in [0.25, 0.3) is 11.1 Å². The van der Waals surface area contributed by atoms with Crippen molar-refractivity contribution in [1.82, 2.24) is 0 Å². The maximum atomic E-state index is 12.4. The van der Waals surface area contributed by atoms with Crippen molar-refractivity contribution in [2.45, 2.75) is 25.6 Å². The molecule has 0 spiro atoms. The third-order valence-corrected chi connectivity index (χ3v) is 6.56. The Morgan fingerprint density at radius 1 is 0.828 bits per heavy atom. The normalized spacial score (nSPS) is 11.1. The first-order valence-corrected chi connectivity index (χ1v) is 13.9. The van der Waals surface area contributed by atoms with Gasteiger partial charge in [0.05, 0.1) is 12.2 Å². The highest BCUT2D eigenvalue weighted by Crippen LogP contribution is 2.23. The molecule has 5 heteroatoms. The van der Waals surface area contributed by atoms with E-state index in [9.17, 15) is 4.79 Å². The molecule has 0 fully saturated rings. The number of carbonyl (C=O) groups excluding carboxylic acids is 1. The molecule has 0 aliphatic carbocycles. The maximum Gasteiger partial charge on any atom is 0.343 e. The molecular formula is C24H25ClO3Si. The molecule has 0 aromatic heterocycles. The number of hydrogen-bond donors (Lipinski definition) is 0. The fourth-order valence-electron chi connectivity index (χ4n) is 2.88. The van der Waals surface area contributed by atoms with E-state index in [0.29, 0.717) is 17.9 Å². The van der Waals surface area contributed by atoms with E-state index in [4.69, 9.17) is 20.6 Å². The van der Waals surface area contributed by atoms with E-state index in [1.54, 1.807) is 36.4 Å². The highest BCUT2D eigenvalue weighted by atomic mass is 35.6. The predicted octanol–water partition coefficient (Wildman–Crippen LogP) is 6.79. The van der Waals surface area contributed by atoms with Crippen molar-refractivity contribution in [3.05, 3.63) is 84.4 Å². The monoisotopic (exact) mass is 424 g/mol. The lowest BCUT2D eigenvalue weighted by molar-refractivity contribution is 0.0734. The van der Waals surface area contributed by atoms with E-state index >= 15 is 0 Å². The zero-order valence-electron chi connectivity index (χ0n) is 16.7. The number of rotatable bonds is 8. The average Bonchev–Trinajstić information content (AvgIpc) is 2.72. The maximum absolute atomic E-state index is 12.4. The van der Waals surface area contributed by atoms with Gasteiger partial charge >= 0.3 is 5.97 Å². The van der Waals surface area contributed by atoms with Gasteiger partial charge in [0.15, 0.2) is 7.38 Å². The lowest BCUT2D eigenvalue weighted by Crippen LogP contribution is -2.16. The van der Waals surface area contributed by atoms with Crippen LogP contribution in [0.15, 0.2) is 78.9 Å². The second-order valence-corrected chi connectivity index (χ2v) is 14.5. The Morgan fingerprint density at radius 3 is 2.03 bits per heavy atom. The molecule has 0 aliphatic heterocycles. The first kappa shape index (κ1) is 21.2. The van der Waals surface area contributed by atoms with Crippen molar-refractivity contribution in [2.24, 2.45) is 0 Å². The van der Waals surface area contributed by atoms with Crippen LogP contribution < -0.4 is 9.47 Å². The van der Waals surface area contributed by atoms with Crippen LogP contribution in [0, 0.1) is 0 Å². The van der Waals surface area contributed by atoms with Gasteiger partial charge in [0, 0.05) is 0 Å². The van der Waals surface area contributed by atoms with E-state index in [-0.39, 0.29) is 5.97 Å². The molecule has 3 aromatic rings. The van der Waals surface area contributed by atoms with Crippen LogP contribution in [0.4, 0.5) is 0 Å². The van der Waals surface area contributed by atoms with E-state index < -0.39 is 7.38 Å². The van der Waals surface area contributed by atoms with Crippen molar-refractivity contribution in [3.63, 3.8) is 0 Å². The number of halogens is 1. The van der Waals surface area contributed by atoms with Crippen molar-refractivity contribution in [2.75, 3.05) is 6.61 Å². The molecule has 0 bridgehead atoms. The van der Waals surface area contributed by atoms with Gasteiger partial charge in [0.1, 0.15) is 11.5 Å². The molecule has 150 valence electrons. The van der Waals surface area contributed by atoms with Gasteiger partial charge < -0.3 is 9.47 Å². The molecule has 3 rings (SSSR count). The van der Waals surface area contributed by atoms with E-state index in [1.807, 2.05) is 42.5 Å². The molecule has 0 aliphatic rings. The molecule has 3 aromatic carbocycles. The van der Waals surface area contributed by atoms with Crippen LogP contribution in [-0.2, 0) is 0 Å². The van der Waals surface area contributed by atoms with Gasteiger partial charge in [-0.25, -0.2) is 4.79 Å². The molecule has 0 heterocycles. The Balaban J connectivity index is 1.53. The summed E-state index contributed by atoms with van der Waals surface area (Å²) in [7, 11) is -1.55. The van der Waals surface area contributed by atoms with Crippen LogP contribution in [0.2, 0.25) is 19.1 Å². The highest BCUT2D eigenvalue weighted by Gasteiger charge is 2.16. The third kappa shape index (κ3) is 6.77. The second kappa shape index (κ2) is 9.77. The Labute approximate surface area is 178 Å². The van der Waals surface area contributed by atoms with Gasteiger partial charge in [-0.2, -0.15) is 11.1 Å². The Kier molecular flexibility index (Phi) is 7.12. The average molecular weight is 425 g/mol. The largest absolute Gasteiger partial charge is 0.494 e. The summed E-state index contributed by atoms with van der Waals surface area (Å²) in [5.74, 6) is 0.865. The number of esters is 1. The minimum atomic E-state index is -1.55. The summed E-state index contributed by atoms with van der Waals surface area (Å²) in [6, 6.07) is 25.6. The molecular weight excluding hydrogens is 400 g/mol. The summed E-state index contributed by atoms with van der Waals surface area (Å²) in [6.07, 6.45) is 0.936. The van der Waals surface area contributed by atoms with Gasteiger partial charge in [-0.15, -0.1) is 0 Å². The number of ether oxygens (including phenoxy) is 2. The number of benzene rings is 3. The van der Waals surface area contributed by atoms with Crippen molar-refractivity contribution in [3.8, 4) is 22.6 Å². The Hall–Kier alpha value is -2.56. The number of hydrogen-bond acceptors (Lipinski definition) is 3. The van der Waals surface area contributed by atoms with E-state index in [2.05, 4.69) is 13.1 Å². The molecule has 0 radical (unpaired) electrons. The summed E-state index contributed by atoms with van der Waals surface area (Å²) < 4.78 is 11.2. The predicted molar refractivity (Wildman–Crippen MR) is 122 cm³/mol. The summed E-state index contributed by atoms with van der Waals surface area (Å²) in [5.41, 5.74) is 2.68. The first-order valence-electron chi connectivity index (χ1n) is 9.70. The molecule has 0 N–H and O–H groups in total. The number of carbonyl (C=O) groups is 1. The zero-order chi connectivity index (χ0) is 20.7. The molecule has 3 nitrogen and oxygen atoms in total. The van der Waals surface area contributed by atoms with Gasteiger partial charge in [-0.3, -0.25) is 0 Å². The minimum Gasteiger partial charge on any atom is -0.494 e. The molecule has 0 amide bonds. The smallest absolute Gasteiger partial charge is 0.343 e. The minimum absolute atomic E-state index is 0.390. The van der Waals surface area contributed by atoms with E-state index in [0.717, 1.165) is 29.3 Å². The summed E-state index contributed by atoms with van der Waals surface area (Å²) >= 11 is 6.31. The van der Waals surface area contributed by atoms with Gasteiger partial charge in [0.2, 0.25) is 0 Å². The standard InChI is InChI=1S/C24H25ClO3Si/c1-29(2,25)18-6-17-27-22-13-11-21(12-14-22)24(26)28-23-15-9-20(10-16-23)19-7-4-3-5-8-19/h3-5,7-16H,6,17-18H2,1-2H3. The highest BCUT2D eigenvalue weighted by molar-refractivity contribution is 7.19. The van der Waals surface area contributed by atoms with Crippen LogP contribution in [0.5, 0.6) is 11.5 Å². The quantitative estimate of drug-likeness (QED) is 0.131. The SMILES string of the molecule is C[Si](C)(Cl)CCCOc1ccc(C(=O)Oc2ccc(-c3ccccc3)cc2)cc1. The first-order chi connectivity index (χ1) is 13.9. The van der Waals surface area contributed by atoms with Crippen molar-refractivity contribution >= 4 is 24.4 Å². The molecule has 0 saturated heterocycles. The van der Waals surface area contributed by atoms with Gasteiger partial charge in [-0.1, -0.05) is 55.6 Å². The molecule has 29 heavy (non-hydrogen) atoms. The lowest BCUT2D eigenvalue weighted by Gasteiger charge is -2.13. The van der Waals surface area contributed by atoms with Crippen molar-refractivity contribution < 1.29 is 14.3 Å². The Bertz CT molecular complexity index is 917. The third-order valence-electron chi connectivity index (χ3n) is 4.45. The van der Waals surface area contributed by atoms with Gasteiger partial charge in [0.25, 0.3) is 0 Å². The summed E-state index contributed by atoms with van der Waals surface area (Å²) in [4.78, 5) is 12.4. The second-order valence-electron chi connectivity index (χ2n) is 7.48.